The molecule has 0 unspecified atom stereocenters. The van der Waals surface area contributed by atoms with Crippen molar-refractivity contribution in [3.05, 3.63) is 30.3 Å². The van der Waals surface area contributed by atoms with Crippen molar-refractivity contribution < 1.29 is 13.2 Å². The number of rotatable bonds is 6. The Labute approximate surface area is 148 Å². The minimum absolute atomic E-state index is 0.134. The quantitative estimate of drug-likeness (QED) is 0.595. The second-order valence-corrected chi connectivity index (χ2v) is 8.88. The van der Waals surface area contributed by atoms with Gasteiger partial charge in [-0.3, -0.25) is 0 Å². The number of nitrogens with zero attached hydrogens (tertiary/aromatic N) is 3. The van der Waals surface area contributed by atoms with Crippen LogP contribution in [0.15, 0.2) is 35.2 Å². The van der Waals surface area contributed by atoms with Gasteiger partial charge in [-0.1, -0.05) is 18.2 Å². The maximum Gasteiger partial charge on any atom is 0.317 e. The van der Waals surface area contributed by atoms with E-state index in [1.54, 1.807) is 16.7 Å². The summed E-state index contributed by atoms with van der Waals surface area (Å²) in [6, 6.07) is 9.89. The second-order valence-electron chi connectivity index (χ2n) is 5.57. The van der Waals surface area contributed by atoms with Gasteiger partial charge >= 0.3 is 6.03 Å². The van der Waals surface area contributed by atoms with Crippen LogP contribution in [0.2, 0.25) is 0 Å². The predicted molar refractivity (Wildman–Crippen MR) is 96.3 cm³/mol. The number of nitrogens with one attached hydrogen (secondary N) is 1. The zero-order chi connectivity index (χ0) is 17.6. The van der Waals surface area contributed by atoms with E-state index in [0.29, 0.717) is 32.7 Å². The summed E-state index contributed by atoms with van der Waals surface area (Å²) in [5.74, 6) is 0.796. The molecule has 0 bridgehead atoms. The molecule has 1 N–H and O–H groups in total. The van der Waals surface area contributed by atoms with E-state index in [-0.39, 0.29) is 6.03 Å². The van der Waals surface area contributed by atoms with Crippen molar-refractivity contribution in [2.75, 3.05) is 52.6 Å². The van der Waals surface area contributed by atoms with Crippen molar-refractivity contribution in [2.45, 2.75) is 4.90 Å². The Morgan fingerprint density at radius 3 is 2.38 bits per heavy atom. The third-order valence-corrected chi connectivity index (χ3v) is 6.66. The highest BCUT2D eigenvalue weighted by atomic mass is 32.2. The molecule has 9 heteroatoms. The molecule has 0 saturated carbocycles. The lowest BCUT2D eigenvalue weighted by molar-refractivity contribution is 0.171. The molecular formula is C15H24N4O3S2. The van der Waals surface area contributed by atoms with Gasteiger partial charge in [0, 0.05) is 57.5 Å². The molecule has 0 aromatic heterocycles. The van der Waals surface area contributed by atoms with E-state index >= 15 is 0 Å². The van der Waals surface area contributed by atoms with Gasteiger partial charge < -0.3 is 10.2 Å². The van der Waals surface area contributed by atoms with Gasteiger partial charge in [0.05, 0.1) is 0 Å². The largest absolute Gasteiger partial charge is 0.337 e. The van der Waals surface area contributed by atoms with Gasteiger partial charge in [0.1, 0.15) is 0 Å². The van der Waals surface area contributed by atoms with Crippen LogP contribution in [-0.4, -0.2) is 80.5 Å². The number of carbonyl (C=O) groups excluding carboxylic acids is 1. The van der Waals surface area contributed by atoms with Crippen molar-refractivity contribution in [3.63, 3.8) is 0 Å². The predicted octanol–water partition coefficient (Wildman–Crippen LogP) is 0.912. The monoisotopic (exact) mass is 372 g/mol. The molecule has 1 saturated heterocycles. The van der Waals surface area contributed by atoms with E-state index in [0.717, 1.165) is 5.75 Å². The molecule has 1 fully saturated rings. The highest BCUT2D eigenvalue weighted by molar-refractivity contribution is 7.99. The molecule has 1 heterocycles. The molecule has 1 aliphatic rings. The van der Waals surface area contributed by atoms with Gasteiger partial charge in [0.15, 0.2) is 0 Å². The van der Waals surface area contributed by atoms with Gasteiger partial charge in [-0.25, -0.2) is 4.79 Å². The summed E-state index contributed by atoms with van der Waals surface area (Å²) in [4.78, 5) is 15.0. The van der Waals surface area contributed by atoms with Gasteiger partial charge in [-0.05, 0) is 12.1 Å². The van der Waals surface area contributed by atoms with E-state index in [4.69, 9.17) is 0 Å². The Morgan fingerprint density at radius 1 is 1.17 bits per heavy atom. The van der Waals surface area contributed by atoms with E-state index in [9.17, 15) is 13.2 Å². The Morgan fingerprint density at radius 2 is 1.79 bits per heavy atom. The summed E-state index contributed by atoms with van der Waals surface area (Å²) in [7, 11) is -0.370. The standard InChI is InChI=1S/C15H24N4O3S2/c1-17(2)24(21,22)19-11-9-18(10-12-19)15(20)16-8-13-23-14-6-4-3-5-7-14/h3-7H,8-13H2,1-2H3,(H,16,20). The summed E-state index contributed by atoms with van der Waals surface area (Å²) in [6.07, 6.45) is 0. The first-order chi connectivity index (χ1) is 11.4. The second kappa shape index (κ2) is 8.70. The maximum atomic E-state index is 12.1. The van der Waals surface area contributed by atoms with E-state index < -0.39 is 10.2 Å². The Bertz CT molecular complexity index is 629. The molecule has 24 heavy (non-hydrogen) atoms. The van der Waals surface area contributed by atoms with Crippen LogP contribution in [0.5, 0.6) is 0 Å². The zero-order valence-electron chi connectivity index (χ0n) is 14.0. The van der Waals surface area contributed by atoms with E-state index in [1.165, 1.54) is 27.6 Å². The minimum Gasteiger partial charge on any atom is -0.337 e. The Balaban J connectivity index is 1.69. The minimum atomic E-state index is -3.40. The van der Waals surface area contributed by atoms with Gasteiger partial charge in [-0.15, -0.1) is 11.8 Å². The Hall–Kier alpha value is -1.29. The molecule has 7 nitrogen and oxygen atoms in total. The van der Waals surface area contributed by atoms with Crippen LogP contribution >= 0.6 is 11.8 Å². The van der Waals surface area contributed by atoms with Gasteiger partial charge in [0.2, 0.25) is 0 Å². The first kappa shape index (κ1) is 19.0. The summed E-state index contributed by atoms with van der Waals surface area (Å²) >= 11 is 1.69. The first-order valence-corrected chi connectivity index (χ1v) is 10.2. The molecule has 0 spiro atoms. The smallest absolute Gasteiger partial charge is 0.317 e. The van der Waals surface area contributed by atoms with Crippen molar-refractivity contribution in [1.29, 1.82) is 0 Å². The van der Waals surface area contributed by atoms with Crippen LogP contribution < -0.4 is 5.32 Å². The van der Waals surface area contributed by atoms with Crippen LogP contribution in [-0.2, 0) is 10.2 Å². The topological polar surface area (TPSA) is 73.0 Å². The number of amides is 2. The van der Waals surface area contributed by atoms with Crippen LogP contribution in [0, 0.1) is 0 Å². The van der Waals surface area contributed by atoms with Crippen molar-refractivity contribution in [3.8, 4) is 0 Å². The number of hydrogen-bond acceptors (Lipinski definition) is 4. The van der Waals surface area contributed by atoms with E-state index in [2.05, 4.69) is 5.32 Å². The highest BCUT2D eigenvalue weighted by Crippen LogP contribution is 2.16. The van der Waals surface area contributed by atoms with Crippen molar-refractivity contribution in [1.82, 2.24) is 18.8 Å². The van der Waals surface area contributed by atoms with Crippen LogP contribution in [0.4, 0.5) is 4.79 Å². The maximum absolute atomic E-state index is 12.1. The number of urea groups is 1. The van der Waals surface area contributed by atoms with Crippen LogP contribution in [0.25, 0.3) is 0 Å². The first-order valence-electron chi connectivity index (χ1n) is 7.79. The fourth-order valence-electron chi connectivity index (χ4n) is 2.31. The molecule has 2 amide bonds. The van der Waals surface area contributed by atoms with Crippen molar-refractivity contribution >= 4 is 28.0 Å². The SMILES string of the molecule is CN(C)S(=O)(=O)N1CCN(C(=O)NCCSc2ccccc2)CC1. The summed E-state index contributed by atoms with van der Waals surface area (Å²) < 4.78 is 26.7. The molecule has 0 radical (unpaired) electrons. The molecular weight excluding hydrogens is 348 g/mol. The summed E-state index contributed by atoms with van der Waals surface area (Å²) in [5.41, 5.74) is 0. The number of hydrogen-bond donors (Lipinski definition) is 1. The van der Waals surface area contributed by atoms with Crippen molar-refractivity contribution in [2.24, 2.45) is 0 Å². The number of carbonyl (C=O) groups is 1. The number of piperazine rings is 1. The molecule has 134 valence electrons. The zero-order valence-corrected chi connectivity index (χ0v) is 15.6. The molecule has 0 atom stereocenters. The normalized spacial score (nSPS) is 16.4. The fourth-order valence-corrected chi connectivity index (χ4v) is 4.18. The lowest BCUT2D eigenvalue weighted by Crippen LogP contribution is -2.55. The molecule has 1 aromatic carbocycles. The third-order valence-electron chi connectivity index (χ3n) is 3.70. The average Bonchev–Trinajstić information content (AvgIpc) is 2.59. The van der Waals surface area contributed by atoms with E-state index in [1.807, 2.05) is 30.3 Å². The average molecular weight is 373 g/mol. The Kier molecular flexibility index (Phi) is 6.90. The van der Waals surface area contributed by atoms with Gasteiger partial charge in [0.25, 0.3) is 10.2 Å². The summed E-state index contributed by atoms with van der Waals surface area (Å²) in [5, 5.41) is 2.89. The molecule has 1 aliphatic heterocycles. The lowest BCUT2D eigenvalue weighted by atomic mass is 10.4. The number of thioether (sulfide) groups is 1. The van der Waals surface area contributed by atoms with Crippen LogP contribution in [0.3, 0.4) is 0 Å². The lowest BCUT2D eigenvalue weighted by Gasteiger charge is -2.35. The van der Waals surface area contributed by atoms with Crippen LogP contribution in [0.1, 0.15) is 0 Å². The summed E-state index contributed by atoms with van der Waals surface area (Å²) in [6.45, 7) is 2.05. The fraction of sp³-hybridized carbons (Fsp3) is 0.533. The molecule has 1 aromatic rings. The van der Waals surface area contributed by atoms with Gasteiger partial charge in [-0.2, -0.15) is 17.0 Å². The highest BCUT2D eigenvalue weighted by Gasteiger charge is 2.29. The molecule has 0 aliphatic carbocycles. The number of benzene rings is 1. The third kappa shape index (κ3) is 5.10. The molecule has 2 rings (SSSR count).